The van der Waals surface area contributed by atoms with Crippen LogP contribution >= 0.6 is 23.2 Å². The van der Waals surface area contributed by atoms with Gasteiger partial charge < -0.3 is 0 Å². The number of hydrogen-bond acceptors (Lipinski definition) is 1. The molecule has 1 nitrogen and oxygen atoms in total. The first-order valence-electron chi connectivity index (χ1n) is 1.21. The second kappa shape index (κ2) is 1.92. The Labute approximate surface area is 48.2 Å². The minimum atomic E-state index is -3.36. The number of hydrogen-bond donors (Lipinski definition) is 0. The van der Waals surface area contributed by atoms with Gasteiger partial charge in [0.25, 0.3) is 0 Å². The molecule has 0 aliphatic rings. The summed E-state index contributed by atoms with van der Waals surface area (Å²) in [6, 6.07) is -2.39. The topological polar surface area (TPSA) is 17.1 Å². The number of alkyl halides is 3. The van der Waals surface area contributed by atoms with E-state index >= 15 is 0 Å². The molecule has 0 radical (unpaired) electrons. The Morgan fingerprint density at radius 3 is 1.71 bits per heavy atom. The molecule has 42 valence electrons. The van der Waals surface area contributed by atoms with Gasteiger partial charge in [-0.05, 0) is 0 Å². The lowest BCUT2D eigenvalue weighted by Gasteiger charge is -1.95. The van der Waals surface area contributed by atoms with E-state index in [1.165, 1.54) is 0 Å². The second-order valence-electron chi connectivity index (χ2n) is 0.771. The fourth-order valence-corrected chi connectivity index (χ4v) is 0. The molecule has 0 amide bonds. The van der Waals surface area contributed by atoms with E-state index in [1.54, 1.807) is 0 Å². The molecule has 0 unspecified atom stereocenters. The average Bonchev–Trinajstić information content (AvgIpc) is 1.31. The minimum absolute atomic E-state index is 2.39. The van der Waals surface area contributed by atoms with Gasteiger partial charge in [-0.1, -0.05) is 23.2 Å². The van der Waals surface area contributed by atoms with Gasteiger partial charge in [-0.3, -0.25) is 4.79 Å². The summed E-state index contributed by atoms with van der Waals surface area (Å²) in [5.41, 5.74) is 0. The highest BCUT2D eigenvalue weighted by Gasteiger charge is 2.33. The Kier molecular flexibility index (Phi) is 1.95. The Bertz CT molecular complexity index is 86.2. The third-order valence-corrected chi connectivity index (χ3v) is 0.520. The Hall–Kier alpha value is 0.110. The van der Waals surface area contributed by atoms with Crippen LogP contribution in [0.15, 0.2) is 0 Å². The molecule has 0 saturated carbocycles. The van der Waals surface area contributed by atoms with Gasteiger partial charge in [-0.2, -0.15) is 8.78 Å². The smallest absolute Gasteiger partial charge is 0.254 e. The van der Waals surface area contributed by atoms with E-state index in [0.29, 0.717) is 0 Å². The van der Waals surface area contributed by atoms with Gasteiger partial charge >= 0.3 is 10.6 Å². The fourth-order valence-electron chi connectivity index (χ4n) is 0. The van der Waals surface area contributed by atoms with Crippen LogP contribution in [0.2, 0.25) is 0 Å². The van der Waals surface area contributed by atoms with Crippen LogP contribution in [0, 0.1) is 0 Å². The van der Waals surface area contributed by atoms with E-state index < -0.39 is 10.6 Å². The summed E-state index contributed by atoms with van der Waals surface area (Å²) < 4.78 is 18.9. The van der Waals surface area contributed by atoms with Crippen molar-refractivity contribution in [3.8, 4) is 0 Å². The van der Waals surface area contributed by atoms with Crippen molar-refractivity contribution in [3.05, 3.63) is 0 Å². The van der Waals surface area contributed by atoms with Crippen molar-refractivity contribution in [2.45, 2.75) is 4.59 Å². The van der Waals surface area contributed by atoms with E-state index in [9.17, 15) is 8.78 Å². The van der Waals surface area contributed by atoms with Gasteiger partial charge in [0.2, 0.25) is 0 Å². The number of rotatable bonds is 1. The van der Waals surface area contributed by atoms with Crippen LogP contribution in [0.25, 0.3) is 0 Å². The standard InChI is InChI=1S/C2Cl2F2O/c3-2(4,6)1(5)7. The van der Waals surface area contributed by atoms with Crippen LogP contribution in [0.1, 0.15) is 0 Å². The fraction of sp³-hybridized carbons (Fsp3) is 0.500. The zero-order valence-corrected chi connectivity index (χ0v) is 4.43. The van der Waals surface area contributed by atoms with E-state index in [1.807, 2.05) is 0 Å². The molecular weight excluding hydrogens is 149 g/mol. The first-order valence-corrected chi connectivity index (χ1v) is 1.97. The lowest BCUT2D eigenvalue weighted by molar-refractivity contribution is -0.133. The van der Waals surface area contributed by atoms with Crippen LogP contribution in [-0.2, 0) is 4.79 Å². The van der Waals surface area contributed by atoms with Crippen LogP contribution < -0.4 is 0 Å². The van der Waals surface area contributed by atoms with Crippen molar-refractivity contribution < 1.29 is 13.6 Å². The highest BCUT2D eigenvalue weighted by Crippen LogP contribution is 2.23. The molecule has 0 aliphatic heterocycles. The van der Waals surface area contributed by atoms with Crippen LogP contribution in [0.5, 0.6) is 0 Å². The first-order chi connectivity index (χ1) is 2.94. The first kappa shape index (κ1) is 7.11. The maximum Gasteiger partial charge on any atom is 0.369 e. The summed E-state index contributed by atoms with van der Waals surface area (Å²) in [4.78, 5) is 9.16. The highest BCUT2D eigenvalue weighted by atomic mass is 35.5. The normalized spacial score (nSPS) is 11.4. The molecule has 7 heavy (non-hydrogen) atoms. The predicted octanol–water partition coefficient (Wildman–Crippen LogP) is 1.58. The lowest BCUT2D eigenvalue weighted by atomic mass is 10.8. The molecule has 0 atom stereocenters. The Balaban J connectivity index is 3.79. The van der Waals surface area contributed by atoms with Gasteiger partial charge in [-0.15, -0.1) is 0 Å². The van der Waals surface area contributed by atoms with Crippen molar-refractivity contribution in [2.75, 3.05) is 0 Å². The van der Waals surface area contributed by atoms with Crippen molar-refractivity contribution in [1.29, 1.82) is 0 Å². The largest absolute Gasteiger partial charge is 0.369 e. The monoisotopic (exact) mass is 148 g/mol. The predicted molar refractivity (Wildman–Crippen MR) is 21.7 cm³/mol. The SMILES string of the molecule is O=C(F)C(F)(Cl)Cl. The van der Waals surface area contributed by atoms with E-state index in [0.717, 1.165) is 0 Å². The highest BCUT2D eigenvalue weighted by molar-refractivity contribution is 6.55. The molecule has 0 aromatic carbocycles. The molecule has 0 saturated heterocycles. The minimum Gasteiger partial charge on any atom is -0.254 e. The zero-order chi connectivity index (χ0) is 6.08. The molecule has 0 rings (SSSR count). The van der Waals surface area contributed by atoms with Crippen molar-refractivity contribution in [3.63, 3.8) is 0 Å². The summed E-state index contributed by atoms with van der Waals surface area (Å²) in [5, 5.41) is 0. The summed E-state index contributed by atoms with van der Waals surface area (Å²) >= 11 is 8.48. The molecule has 5 heteroatoms. The summed E-state index contributed by atoms with van der Waals surface area (Å²) in [6.07, 6.45) is 0. The maximum atomic E-state index is 11.3. The number of carbonyl (C=O) groups excluding carboxylic acids is 1. The van der Waals surface area contributed by atoms with Gasteiger partial charge in [-0.25, -0.2) is 0 Å². The van der Waals surface area contributed by atoms with E-state index in [2.05, 4.69) is 23.2 Å². The van der Waals surface area contributed by atoms with Crippen LogP contribution in [0.4, 0.5) is 8.78 Å². The molecule has 0 aromatic heterocycles. The molecule has 0 fully saturated rings. The average molecular weight is 149 g/mol. The molecule has 0 aliphatic carbocycles. The quantitative estimate of drug-likeness (QED) is 0.408. The third kappa shape index (κ3) is 2.76. The number of halogens is 4. The van der Waals surface area contributed by atoms with Gasteiger partial charge in [0.05, 0.1) is 0 Å². The molecule has 0 spiro atoms. The van der Waals surface area contributed by atoms with Crippen LogP contribution in [0.3, 0.4) is 0 Å². The molecule has 0 heterocycles. The molecule has 0 aromatic rings. The second-order valence-corrected chi connectivity index (χ2v) is 2.01. The number of carbonyl (C=O) groups is 1. The Morgan fingerprint density at radius 2 is 1.71 bits per heavy atom. The van der Waals surface area contributed by atoms with Gasteiger partial charge in [0.1, 0.15) is 0 Å². The maximum absolute atomic E-state index is 11.3. The molecular formula is C2Cl2F2O. The summed E-state index contributed by atoms with van der Waals surface area (Å²) in [5.74, 6) is 0. The van der Waals surface area contributed by atoms with Crippen molar-refractivity contribution >= 4 is 29.2 Å². The summed E-state index contributed by atoms with van der Waals surface area (Å²) in [6.45, 7) is 0. The third-order valence-electron chi connectivity index (χ3n) is 0.223. The zero-order valence-electron chi connectivity index (χ0n) is 2.92. The van der Waals surface area contributed by atoms with E-state index in [-0.39, 0.29) is 0 Å². The Morgan fingerprint density at radius 1 is 1.57 bits per heavy atom. The summed E-state index contributed by atoms with van der Waals surface area (Å²) in [7, 11) is 0. The molecule has 0 N–H and O–H groups in total. The lowest BCUT2D eigenvalue weighted by Crippen LogP contribution is -2.13. The van der Waals surface area contributed by atoms with E-state index in [4.69, 9.17) is 4.79 Å². The van der Waals surface area contributed by atoms with Gasteiger partial charge in [0.15, 0.2) is 0 Å². The van der Waals surface area contributed by atoms with Crippen LogP contribution in [-0.4, -0.2) is 10.6 Å². The van der Waals surface area contributed by atoms with Crippen molar-refractivity contribution in [1.82, 2.24) is 0 Å². The van der Waals surface area contributed by atoms with Crippen molar-refractivity contribution in [2.24, 2.45) is 0 Å². The molecule has 0 bridgehead atoms. The van der Waals surface area contributed by atoms with Gasteiger partial charge in [0, 0.05) is 0 Å².